The maximum absolute atomic E-state index is 2.49. The first-order valence-corrected chi connectivity index (χ1v) is 20.2. The third-order valence-electron chi connectivity index (χ3n) is 12.4. The highest BCUT2D eigenvalue weighted by Gasteiger charge is 2.21. The van der Waals surface area contributed by atoms with E-state index in [1.165, 1.54) is 120 Å². The summed E-state index contributed by atoms with van der Waals surface area (Å²) < 4.78 is 0. The predicted molar refractivity (Wildman–Crippen MR) is 251 cm³/mol. The molecule has 0 atom stereocenters. The molecule has 0 heterocycles. The molecule has 0 fully saturated rings. The van der Waals surface area contributed by atoms with E-state index in [1.807, 2.05) is 0 Å². The summed E-state index contributed by atoms with van der Waals surface area (Å²) in [6.45, 7) is 0. The zero-order valence-electron chi connectivity index (χ0n) is 31.8. The highest BCUT2D eigenvalue weighted by atomic mass is 14.2. The lowest BCUT2D eigenvalue weighted by Crippen LogP contribution is -1.93. The number of hydrogen-bond donors (Lipinski definition) is 0. The van der Waals surface area contributed by atoms with E-state index in [0.717, 1.165) is 0 Å². The van der Waals surface area contributed by atoms with Gasteiger partial charge in [0.1, 0.15) is 0 Å². The molecular weight excluding hydrogens is 697 g/mol. The van der Waals surface area contributed by atoms with Crippen molar-refractivity contribution in [3.8, 4) is 44.5 Å². The van der Waals surface area contributed by atoms with Crippen molar-refractivity contribution in [2.45, 2.75) is 0 Å². The van der Waals surface area contributed by atoms with Gasteiger partial charge in [0, 0.05) is 0 Å². The molecule has 0 aromatic heterocycles. The fourth-order valence-electron chi connectivity index (χ4n) is 9.92. The molecule has 0 bridgehead atoms. The number of hydrogen-bond acceptors (Lipinski definition) is 0. The number of fused-ring (bicyclic) bond motifs is 12. The molecule has 12 aromatic carbocycles. The summed E-state index contributed by atoms with van der Waals surface area (Å²) in [6.07, 6.45) is 0. The van der Waals surface area contributed by atoms with Crippen LogP contribution in [-0.2, 0) is 0 Å². The van der Waals surface area contributed by atoms with Crippen molar-refractivity contribution in [3.05, 3.63) is 218 Å². The van der Waals surface area contributed by atoms with Gasteiger partial charge in [0.25, 0.3) is 0 Å². The largest absolute Gasteiger partial charge is 0.0622 e. The highest BCUT2D eigenvalue weighted by Crippen LogP contribution is 2.49. The van der Waals surface area contributed by atoms with Crippen LogP contribution >= 0.6 is 0 Å². The standard InChI is InChI=1S/C58H36/c1-3-17-37(18-4-1)39-31-33-49(43-23-9-7-21-41(39)43)53-35-55-45-25-11-12-26-46(45)56-36-54(48-28-14-16-30-52(48)58(56)57(55)51-29-15-13-27-47(51)53)50-34-32-40(38-19-5-2-6-20-38)42-22-8-10-24-44(42)50/h1-36H. The van der Waals surface area contributed by atoms with E-state index in [1.54, 1.807) is 0 Å². The molecule has 268 valence electrons. The van der Waals surface area contributed by atoms with Crippen LogP contribution in [0.5, 0.6) is 0 Å². The molecule has 0 aliphatic heterocycles. The van der Waals surface area contributed by atoms with E-state index in [2.05, 4.69) is 218 Å². The van der Waals surface area contributed by atoms with Gasteiger partial charge in [0.05, 0.1) is 0 Å². The van der Waals surface area contributed by atoms with Crippen molar-refractivity contribution in [3.63, 3.8) is 0 Å². The van der Waals surface area contributed by atoms with Gasteiger partial charge in [-0.2, -0.15) is 0 Å². The molecule has 0 heteroatoms. The van der Waals surface area contributed by atoms with Crippen LogP contribution in [-0.4, -0.2) is 0 Å². The Kier molecular flexibility index (Phi) is 7.33. The molecule has 0 aliphatic rings. The predicted octanol–water partition coefficient (Wildman–Crippen LogP) is 16.4. The van der Waals surface area contributed by atoms with Crippen LogP contribution in [0.15, 0.2) is 218 Å². The van der Waals surface area contributed by atoms with Crippen LogP contribution in [0.4, 0.5) is 0 Å². The van der Waals surface area contributed by atoms with E-state index in [9.17, 15) is 0 Å². The van der Waals surface area contributed by atoms with Gasteiger partial charge in [-0.15, -0.1) is 0 Å². The minimum absolute atomic E-state index is 1.23. The Morgan fingerprint density at radius 1 is 0.155 bits per heavy atom. The topological polar surface area (TPSA) is 0 Å². The Morgan fingerprint density at radius 3 is 0.776 bits per heavy atom. The van der Waals surface area contributed by atoms with Crippen molar-refractivity contribution in [2.24, 2.45) is 0 Å². The minimum atomic E-state index is 1.23. The fourth-order valence-corrected chi connectivity index (χ4v) is 9.92. The fraction of sp³-hybridized carbons (Fsp3) is 0. The summed E-state index contributed by atoms with van der Waals surface area (Å²) >= 11 is 0. The Morgan fingerprint density at radius 2 is 0.414 bits per heavy atom. The third kappa shape index (κ3) is 4.89. The summed E-state index contributed by atoms with van der Waals surface area (Å²) in [5.74, 6) is 0. The first kappa shape index (κ1) is 32.7. The molecule has 12 rings (SSSR count). The van der Waals surface area contributed by atoms with E-state index >= 15 is 0 Å². The van der Waals surface area contributed by atoms with Crippen LogP contribution < -0.4 is 0 Å². The second-order valence-corrected chi connectivity index (χ2v) is 15.5. The molecule has 0 N–H and O–H groups in total. The van der Waals surface area contributed by atoms with Gasteiger partial charge in [-0.05, 0) is 132 Å². The van der Waals surface area contributed by atoms with Crippen LogP contribution in [0, 0.1) is 0 Å². The summed E-state index contributed by atoms with van der Waals surface area (Å²) in [7, 11) is 0. The maximum Gasteiger partial charge on any atom is -0.00137 e. The Balaban J connectivity index is 1.19. The molecule has 58 heavy (non-hydrogen) atoms. The minimum Gasteiger partial charge on any atom is -0.0622 e. The lowest BCUT2D eigenvalue weighted by molar-refractivity contribution is 1.64. The van der Waals surface area contributed by atoms with Crippen LogP contribution in [0.1, 0.15) is 0 Å². The molecule has 0 saturated heterocycles. The van der Waals surface area contributed by atoms with Crippen LogP contribution in [0.2, 0.25) is 0 Å². The van der Waals surface area contributed by atoms with Crippen molar-refractivity contribution in [1.29, 1.82) is 0 Å². The van der Waals surface area contributed by atoms with Crippen molar-refractivity contribution in [2.75, 3.05) is 0 Å². The smallest absolute Gasteiger partial charge is 0.00137 e. The average Bonchev–Trinajstić information content (AvgIpc) is 3.31. The lowest BCUT2D eigenvalue weighted by Gasteiger charge is -2.20. The molecular formula is C58H36. The number of rotatable bonds is 4. The van der Waals surface area contributed by atoms with Gasteiger partial charge >= 0.3 is 0 Å². The van der Waals surface area contributed by atoms with Gasteiger partial charge in [-0.3, -0.25) is 0 Å². The zero-order chi connectivity index (χ0) is 38.2. The van der Waals surface area contributed by atoms with E-state index in [4.69, 9.17) is 0 Å². The number of benzene rings is 12. The van der Waals surface area contributed by atoms with Crippen molar-refractivity contribution < 1.29 is 0 Å². The van der Waals surface area contributed by atoms with Crippen LogP contribution in [0.3, 0.4) is 0 Å². The molecule has 0 aliphatic carbocycles. The second-order valence-electron chi connectivity index (χ2n) is 15.5. The summed E-state index contributed by atoms with van der Waals surface area (Å²) in [4.78, 5) is 0. The van der Waals surface area contributed by atoms with E-state index in [-0.39, 0.29) is 0 Å². The Hall–Kier alpha value is -7.54. The van der Waals surface area contributed by atoms with Crippen molar-refractivity contribution in [1.82, 2.24) is 0 Å². The van der Waals surface area contributed by atoms with Gasteiger partial charge < -0.3 is 0 Å². The zero-order valence-corrected chi connectivity index (χ0v) is 31.8. The molecule has 0 spiro atoms. The van der Waals surface area contributed by atoms with E-state index < -0.39 is 0 Å². The van der Waals surface area contributed by atoms with E-state index in [0.29, 0.717) is 0 Å². The Bertz CT molecular complexity index is 3360. The molecule has 0 amide bonds. The first-order chi connectivity index (χ1) is 28.8. The quantitative estimate of drug-likeness (QED) is 0.158. The van der Waals surface area contributed by atoms with Gasteiger partial charge in [-0.25, -0.2) is 0 Å². The summed E-state index contributed by atoms with van der Waals surface area (Å²) in [5.41, 5.74) is 10.0. The third-order valence-corrected chi connectivity index (χ3v) is 12.4. The van der Waals surface area contributed by atoms with Gasteiger partial charge in [-0.1, -0.05) is 206 Å². The molecule has 0 nitrogen and oxygen atoms in total. The molecule has 0 unspecified atom stereocenters. The monoisotopic (exact) mass is 732 g/mol. The van der Waals surface area contributed by atoms with Gasteiger partial charge in [0.2, 0.25) is 0 Å². The SMILES string of the molecule is c1ccc(-c2ccc(-c3cc4c5ccccc5c5cc(-c6ccc(-c7ccccc7)c7ccccc67)c6ccccc6c5c4c4ccccc34)c3ccccc23)cc1. The molecule has 0 saturated carbocycles. The van der Waals surface area contributed by atoms with Crippen LogP contribution in [0.25, 0.3) is 120 Å². The van der Waals surface area contributed by atoms with Gasteiger partial charge in [0.15, 0.2) is 0 Å². The van der Waals surface area contributed by atoms with Crippen molar-refractivity contribution >= 4 is 75.4 Å². The lowest BCUT2D eigenvalue weighted by atomic mass is 9.82. The maximum atomic E-state index is 2.49. The first-order valence-electron chi connectivity index (χ1n) is 20.2. The molecule has 0 radical (unpaired) electrons. The second kappa shape index (κ2) is 13.0. The highest BCUT2D eigenvalue weighted by molar-refractivity contribution is 6.39. The Labute approximate surface area is 336 Å². The summed E-state index contributed by atoms with van der Waals surface area (Å²) in [6, 6.07) is 80.8. The summed E-state index contributed by atoms with van der Waals surface area (Å²) in [5, 5.41) is 17.9. The normalized spacial score (nSPS) is 11.8. The molecule has 12 aromatic rings. The average molecular weight is 733 g/mol.